The van der Waals surface area contributed by atoms with E-state index >= 15 is 0 Å². The molecule has 0 heterocycles. The molecule has 1 saturated carbocycles. The van der Waals surface area contributed by atoms with Crippen molar-refractivity contribution in [1.82, 2.24) is 4.90 Å². The maximum absolute atomic E-state index is 11.2. The number of Topliss-reactive ketones (excluding diaryl/α,β-unsaturated/α-hetero) is 2. The monoisotopic (exact) mass is 197 g/mol. The Labute approximate surface area is 85.5 Å². The van der Waals surface area contributed by atoms with Gasteiger partial charge in [-0.1, -0.05) is 0 Å². The van der Waals surface area contributed by atoms with Crippen LogP contribution in [-0.4, -0.2) is 36.1 Å². The largest absolute Gasteiger partial charge is 0.303 e. The minimum atomic E-state index is -0.0558. The van der Waals surface area contributed by atoms with E-state index in [-0.39, 0.29) is 11.3 Å². The lowest BCUT2D eigenvalue weighted by atomic mass is 9.77. The smallest absolute Gasteiger partial charge is 0.133 e. The van der Waals surface area contributed by atoms with Gasteiger partial charge in [0.1, 0.15) is 11.6 Å². The summed E-state index contributed by atoms with van der Waals surface area (Å²) in [6.07, 6.45) is 3.50. The second-order valence-corrected chi connectivity index (χ2v) is 4.54. The Morgan fingerprint density at radius 3 is 2.21 bits per heavy atom. The molecule has 0 N–H and O–H groups in total. The van der Waals surface area contributed by atoms with E-state index in [0.29, 0.717) is 25.0 Å². The van der Waals surface area contributed by atoms with Crippen molar-refractivity contribution < 1.29 is 9.59 Å². The van der Waals surface area contributed by atoms with Crippen molar-refractivity contribution in [3.05, 3.63) is 0 Å². The molecule has 1 fully saturated rings. The Hall–Kier alpha value is -0.700. The zero-order valence-electron chi connectivity index (χ0n) is 9.30. The summed E-state index contributed by atoms with van der Waals surface area (Å²) >= 11 is 0. The molecule has 0 aromatic rings. The summed E-state index contributed by atoms with van der Waals surface area (Å²) in [5.41, 5.74) is -0.0558. The lowest BCUT2D eigenvalue weighted by Crippen LogP contribution is -2.48. The predicted octanol–water partition coefficient (Wildman–Crippen LogP) is 1.41. The lowest BCUT2D eigenvalue weighted by molar-refractivity contribution is -0.126. The number of hydrogen-bond donors (Lipinski definition) is 0. The fraction of sp³-hybridized carbons (Fsp3) is 0.818. The van der Waals surface area contributed by atoms with Crippen molar-refractivity contribution >= 4 is 11.6 Å². The zero-order valence-corrected chi connectivity index (χ0v) is 9.30. The highest BCUT2D eigenvalue weighted by atomic mass is 16.1. The molecule has 3 nitrogen and oxygen atoms in total. The van der Waals surface area contributed by atoms with Gasteiger partial charge in [-0.25, -0.2) is 0 Å². The van der Waals surface area contributed by atoms with Crippen LogP contribution in [0, 0.1) is 0 Å². The molecule has 1 aliphatic carbocycles. The van der Waals surface area contributed by atoms with Crippen LogP contribution in [0.1, 0.15) is 39.0 Å². The topological polar surface area (TPSA) is 37.4 Å². The van der Waals surface area contributed by atoms with Gasteiger partial charge in [-0.15, -0.1) is 0 Å². The first-order valence-corrected chi connectivity index (χ1v) is 5.15. The number of hydrogen-bond acceptors (Lipinski definition) is 3. The van der Waals surface area contributed by atoms with Gasteiger partial charge in [-0.05, 0) is 33.9 Å². The molecule has 0 unspecified atom stereocenters. The van der Waals surface area contributed by atoms with Crippen LogP contribution in [0.25, 0.3) is 0 Å². The van der Waals surface area contributed by atoms with Crippen molar-refractivity contribution in [3.63, 3.8) is 0 Å². The Morgan fingerprint density at radius 1 is 1.36 bits per heavy atom. The van der Waals surface area contributed by atoms with Crippen molar-refractivity contribution in [2.75, 3.05) is 14.1 Å². The van der Waals surface area contributed by atoms with Gasteiger partial charge in [0.25, 0.3) is 0 Å². The Bertz CT molecular complexity index is 236. The molecular formula is C11H19NO2. The summed E-state index contributed by atoms with van der Waals surface area (Å²) in [5, 5.41) is 0. The van der Waals surface area contributed by atoms with E-state index in [0.717, 1.165) is 12.8 Å². The molecule has 1 aliphatic rings. The molecule has 0 aromatic carbocycles. The van der Waals surface area contributed by atoms with E-state index in [1.165, 1.54) is 0 Å². The maximum atomic E-state index is 11.2. The third-order valence-electron chi connectivity index (χ3n) is 3.27. The number of carbonyl (C=O) groups excluding carboxylic acids is 2. The molecule has 0 amide bonds. The minimum absolute atomic E-state index is 0.0558. The Morgan fingerprint density at radius 2 is 1.86 bits per heavy atom. The average molecular weight is 197 g/mol. The standard InChI is InChI=1S/C11H19NO2/c1-9(13)8-11(12(2)3)6-4-10(14)5-7-11/h4-8H2,1-3H3. The van der Waals surface area contributed by atoms with Gasteiger partial charge in [-0.3, -0.25) is 9.59 Å². The molecule has 14 heavy (non-hydrogen) atoms. The van der Waals surface area contributed by atoms with Gasteiger partial charge in [0.05, 0.1) is 0 Å². The van der Waals surface area contributed by atoms with Crippen LogP contribution in [0.3, 0.4) is 0 Å². The van der Waals surface area contributed by atoms with Crippen molar-refractivity contribution in [3.8, 4) is 0 Å². The fourth-order valence-electron chi connectivity index (χ4n) is 2.24. The lowest BCUT2D eigenvalue weighted by Gasteiger charge is -2.42. The van der Waals surface area contributed by atoms with E-state index < -0.39 is 0 Å². The normalized spacial score (nSPS) is 21.3. The highest BCUT2D eigenvalue weighted by Gasteiger charge is 2.37. The molecular weight excluding hydrogens is 178 g/mol. The molecule has 80 valence electrons. The minimum Gasteiger partial charge on any atom is -0.303 e. The molecule has 0 atom stereocenters. The summed E-state index contributed by atoms with van der Waals surface area (Å²) in [6.45, 7) is 1.63. The van der Waals surface area contributed by atoms with Gasteiger partial charge in [-0.2, -0.15) is 0 Å². The van der Waals surface area contributed by atoms with E-state index in [4.69, 9.17) is 0 Å². The van der Waals surface area contributed by atoms with E-state index in [1.54, 1.807) is 6.92 Å². The fourth-order valence-corrected chi connectivity index (χ4v) is 2.24. The van der Waals surface area contributed by atoms with Crippen LogP contribution in [0.2, 0.25) is 0 Å². The highest BCUT2D eigenvalue weighted by molar-refractivity contribution is 5.81. The molecule has 0 aliphatic heterocycles. The number of ketones is 2. The molecule has 0 radical (unpaired) electrons. The first kappa shape index (κ1) is 11.4. The number of nitrogens with zero attached hydrogens (tertiary/aromatic N) is 1. The van der Waals surface area contributed by atoms with Crippen LogP contribution in [-0.2, 0) is 9.59 Å². The number of rotatable bonds is 3. The molecule has 0 saturated heterocycles. The number of carbonyl (C=O) groups is 2. The van der Waals surface area contributed by atoms with Crippen LogP contribution in [0.4, 0.5) is 0 Å². The van der Waals surface area contributed by atoms with Crippen LogP contribution in [0.15, 0.2) is 0 Å². The van der Waals surface area contributed by atoms with Gasteiger partial charge >= 0.3 is 0 Å². The highest BCUT2D eigenvalue weighted by Crippen LogP contribution is 2.33. The Balaban J connectivity index is 2.72. The predicted molar refractivity (Wildman–Crippen MR) is 55.2 cm³/mol. The zero-order chi connectivity index (χ0) is 10.8. The first-order chi connectivity index (χ1) is 6.46. The van der Waals surface area contributed by atoms with Crippen molar-refractivity contribution in [2.24, 2.45) is 0 Å². The van der Waals surface area contributed by atoms with Crippen molar-refractivity contribution in [2.45, 2.75) is 44.6 Å². The van der Waals surface area contributed by atoms with Gasteiger partial charge in [0.15, 0.2) is 0 Å². The maximum Gasteiger partial charge on any atom is 0.133 e. The summed E-state index contributed by atoms with van der Waals surface area (Å²) in [5.74, 6) is 0.555. The van der Waals surface area contributed by atoms with E-state index in [2.05, 4.69) is 4.90 Å². The molecule has 3 heteroatoms. The van der Waals surface area contributed by atoms with Gasteiger partial charge < -0.3 is 4.90 Å². The second kappa shape index (κ2) is 4.22. The second-order valence-electron chi connectivity index (χ2n) is 4.54. The van der Waals surface area contributed by atoms with Gasteiger partial charge in [0.2, 0.25) is 0 Å². The third kappa shape index (κ3) is 2.41. The summed E-state index contributed by atoms with van der Waals surface area (Å²) in [7, 11) is 4.00. The molecule has 0 spiro atoms. The van der Waals surface area contributed by atoms with Crippen LogP contribution >= 0.6 is 0 Å². The average Bonchev–Trinajstić information content (AvgIpc) is 2.08. The van der Waals surface area contributed by atoms with Gasteiger partial charge in [0, 0.05) is 24.8 Å². The first-order valence-electron chi connectivity index (χ1n) is 5.15. The van der Waals surface area contributed by atoms with Crippen molar-refractivity contribution in [1.29, 1.82) is 0 Å². The Kier molecular flexibility index (Phi) is 3.43. The van der Waals surface area contributed by atoms with Crippen LogP contribution in [0.5, 0.6) is 0 Å². The van der Waals surface area contributed by atoms with E-state index in [1.807, 2.05) is 14.1 Å². The molecule has 1 rings (SSSR count). The quantitative estimate of drug-likeness (QED) is 0.686. The van der Waals surface area contributed by atoms with E-state index in [9.17, 15) is 9.59 Å². The SMILES string of the molecule is CC(=O)CC1(N(C)C)CCC(=O)CC1. The van der Waals surface area contributed by atoms with Crippen LogP contribution < -0.4 is 0 Å². The third-order valence-corrected chi connectivity index (χ3v) is 3.27. The summed E-state index contributed by atoms with van der Waals surface area (Å²) in [6, 6.07) is 0. The summed E-state index contributed by atoms with van der Waals surface area (Å²) in [4.78, 5) is 24.5. The molecule has 0 aromatic heterocycles. The summed E-state index contributed by atoms with van der Waals surface area (Å²) < 4.78 is 0. The molecule has 0 bridgehead atoms.